The van der Waals surface area contributed by atoms with Crippen LogP contribution in [0.3, 0.4) is 0 Å². The van der Waals surface area contributed by atoms with E-state index in [0.29, 0.717) is 17.9 Å². The molecule has 0 atom stereocenters. The summed E-state index contributed by atoms with van der Waals surface area (Å²) < 4.78 is 0. The minimum absolute atomic E-state index is 0.136. The van der Waals surface area contributed by atoms with E-state index in [1.807, 2.05) is 13.8 Å². The van der Waals surface area contributed by atoms with Gasteiger partial charge in [-0.25, -0.2) is 15.0 Å². The number of imidazole rings is 1. The second kappa shape index (κ2) is 4.05. The fraction of sp³-hybridized carbons (Fsp3) is 0.500. The quantitative estimate of drug-likeness (QED) is 0.714. The second-order valence-electron chi connectivity index (χ2n) is 4.31. The molecule has 0 radical (unpaired) electrons. The van der Waals surface area contributed by atoms with Crippen LogP contribution in [0, 0.1) is 0 Å². The summed E-state index contributed by atoms with van der Waals surface area (Å²) in [6, 6.07) is 0. The summed E-state index contributed by atoms with van der Waals surface area (Å²) in [6.07, 6.45) is 3.71. The van der Waals surface area contributed by atoms with Crippen molar-refractivity contribution in [2.24, 2.45) is 0 Å². The Morgan fingerprint density at radius 3 is 2.94 bits per heavy atom. The average molecular weight is 221 g/mol. The van der Waals surface area contributed by atoms with E-state index in [0.717, 1.165) is 5.52 Å². The summed E-state index contributed by atoms with van der Waals surface area (Å²) in [5, 5.41) is 12.2. The van der Waals surface area contributed by atoms with Crippen LogP contribution in [0.4, 0.5) is 5.82 Å². The molecule has 0 aliphatic carbocycles. The number of fused-ring (bicyclic) bond motifs is 1. The number of rotatable bonds is 4. The highest BCUT2D eigenvalue weighted by Crippen LogP contribution is 2.20. The Bertz CT molecular complexity index is 479. The molecule has 16 heavy (non-hydrogen) atoms. The zero-order valence-electron chi connectivity index (χ0n) is 9.36. The van der Waals surface area contributed by atoms with Gasteiger partial charge in [0, 0.05) is 12.1 Å². The lowest BCUT2D eigenvalue weighted by Crippen LogP contribution is -2.32. The predicted molar refractivity (Wildman–Crippen MR) is 61.1 cm³/mol. The van der Waals surface area contributed by atoms with Crippen LogP contribution in [0.15, 0.2) is 12.7 Å². The van der Waals surface area contributed by atoms with Gasteiger partial charge < -0.3 is 15.4 Å². The Labute approximate surface area is 93.1 Å². The Morgan fingerprint density at radius 2 is 2.19 bits per heavy atom. The lowest BCUT2D eigenvalue weighted by atomic mass is 10.0. The van der Waals surface area contributed by atoms with Crippen LogP contribution in [0.2, 0.25) is 0 Å². The van der Waals surface area contributed by atoms with Crippen LogP contribution in [0.1, 0.15) is 20.3 Å². The molecule has 2 heterocycles. The van der Waals surface area contributed by atoms with Crippen molar-refractivity contribution in [1.29, 1.82) is 0 Å². The monoisotopic (exact) mass is 221 g/mol. The molecule has 0 fully saturated rings. The van der Waals surface area contributed by atoms with Crippen molar-refractivity contribution < 1.29 is 5.11 Å². The van der Waals surface area contributed by atoms with Gasteiger partial charge >= 0.3 is 0 Å². The first kappa shape index (κ1) is 10.8. The molecule has 0 aromatic carbocycles. The SMILES string of the molecule is CC(C)(CCO)Nc1ncnc2nc[nH]c12. The van der Waals surface area contributed by atoms with Gasteiger partial charge in [-0.05, 0) is 20.3 Å². The molecule has 0 saturated carbocycles. The zero-order valence-corrected chi connectivity index (χ0v) is 9.36. The third-order valence-corrected chi connectivity index (χ3v) is 2.42. The molecule has 0 aliphatic rings. The van der Waals surface area contributed by atoms with Gasteiger partial charge in [0.1, 0.15) is 11.8 Å². The molecule has 3 N–H and O–H groups in total. The number of H-pyrrole nitrogens is 1. The summed E-state index contributed by atoms with van der Waals surface area (Å²) in [4.78, 5) is 15.3. The van der Waals surface area contributed by atoms with Crippen LogP contribution in [0.25, 0.3) is 11.2 Å². The number of hydrogen-bond acceptors (Lipinski definition) is 5. The van der Waals surface area contributed by atoms with E-state index in [4.69, 9.17) is 5.11 Å². The van der Waals surface area contributed by atoms with Crippen LogP contribution < -0.4 is 5.32 Å². The van der Waals surface area contributed by atoms with Gasteiger partial charge in [0.25, 0.3) is 0 Å². The predicted octanol–water partition coefficient (Wildman–Crippen LogP) is 0.926. The van der Waals surface area contributed by atoms with Gasteiger partial charge in [-0.2, -0.15) is 0 Å². The Balaban J connectivity index is 2.30. The largest absolute Gasteiger partial charge is 0.396 e. The van der Waals surface area contributed by atoms with Gasteiger partial charge in [0.05, 0.1) is 6.33 Å². The Morgan fingerprint density at radius 1 is 1.38 bits per heavy atom. The summed E-state index contributed by atoms with van der Waals surface area (Å²) in [5.41, 5.74) is 1.20. The van der Waals surface area contributed by atoms with E-state index in [2.05, 4.69) is 25.3 Å². The number of aliphatic hydroxyl groups excluding tert-OH is 1. The lowest BCUT2D eigenvalue weighted by Gasteiger charge is -2.25. The molecule has 2 aromatic heterocycles. The first-order valence-corrected chi connectivity index (χ1v) is 5.15. The van der Waals surface area contributed by atoms with Crippen molar-refractivity contribution in [2.45, 2.75) is 25.8 Å². The Kier molecular flexibility index (Phi) is 2.74. The molecule has 0 aliphatic heterocycles. The van der Waals surface area contributed by atoms with Gasteiger partial charge in [-0.15, -0.1) is 0 Å². The van der Waals surface area contributed by atoms with Crippen molar-refractivity contribution in [3.63, 3.8) is 0 Å². The molecule has 6 heteroatoms. The van der Waals surface area contributed by atoms with Crippen LogP contribution in [-0.2, 0) is 0 Å². The molecule has 6 nitrogen and oxygen atoms in total. The van der Waals surface area contributed by atoms with E-state index < -0.39 is 0 Å². The number of aromatic amines is 1. The number of aromatic nitrogens is 4. The van der Waals surface area contributed by atoms with E-state index in [9.17, 15) is 0 Å². The third-order valence-electron chi connectivity index (χ3n) is 2.42. The van der Waals surface area contributed by atoms with Crippen molar-refractivity contribution in [3.8, 4) is 0 Å². The molecule has 0 spiro atoms. The molecule has 86 valence electrons. The van der Waals surface area contributed by atoms with Crippen molar-refractivity contribution in [2.75, 3.05) is 11.9 Å². The minimum Gasteiger partial charge on any atom is -0.396 e. The highest BCUT2D eigenvalue weighted by Gasteiger charge is 2.19. The van der Waals surface area contributed by atoms with Gasteiger partial charge in [-0.1, -0.05) is 0 Å². The lowest BCUT2D eigenvalue weighted by molar-refractivity contribution is 0.260. The molecule has 0 bridgehead atoms. The molecule has 2 rings (SSSR count). The topological polar surface area (TPSA) is 86.7 Å². The fourth-order valence-electron chi connectivity index (χ4n) is 1.52. The van der Waals surface area contributed by atoms with Crippen LogP contribution in [-0.4, -0.2) is 37.2 Å². The highest BCUT2D eigenvalue weighted by molar-refractivity contribution is 5.82. The van der Waals surface area contributed by atoms with Crippen molar-refractivity contribution >= 4 is 17.0 Å². The number of nitrogens with one attached hydrogen (secondary N) is 2. The number of anilines is 1. The number of hydrogen-bond donors (Lipinski definition) is 3. The normalized spacial score (nSPS) is 11.9. The maximum Gasteiger partial charge on any atom is 0.182 e. The molecule has 0 saturated heterocycles. The fourth-order valence-corrected chi connectivity index (χ4v) is 1.52. The van der Waals surface area contributed by atoms with Gasteiger partial charge in [0.2, 0.25) is 0 Å². The van der Waals surface area contributed by atoms with E-state index in [1.165, 1.54) is 6.33 Å². The Hall–Kier alpha value is -1.69. The maximum atomic E-state index is 8.96. The second-order valence-corrected chi connectivity index (χ2v) is 4.31. The van der Waals surface area contributed by atoms with Crippen LogP contribution in [0.5, 0.6) is 0 Å². The smallest absolute Gasteiger partial charge is 0.182 e. The van der Waals surface area contributed by atoms with Crippen molar-refractivity contribution in [3.05, 3.63) is 12.7 Å². The molecule has 0 amide bonds. The summed E-state index contributed by atoms with van der Waals surface area (Å²) in [6.45, 7) is 4.15. The summed E-state index contributed by atoms with van der Waals surface area (Å²) in [5.74, 6) is 0.709. The summed E-state index contributed by atoms with van der Waals surface area (Å²) >= 11 is 0. The van der Waals surface area contributed by atoms with E-state index in [-0.39, 0.29) is 12.1 Å². The third kappa shape index (κ3) is 2.11. The summed E-state index contributed by atoms with van der Waals surface area (Å²) in [7, 11) is 0. The standard InChI is InChI=1S/C10H15N5O/c1-10(2,3-4-16)15-9-7-8(12-5-11-7)13-6-14-9/h5-6,16H,3-4H2,1-2H3,(H2,11,12,13,14,15). The zero-order chi connectivity index (χ0) is 11.6. The number of nitrogens with zero attached hydrogens (tertiary/aromatic N) is 3. The highest BCUT2D eigenvalue weighted by atomic mass is 16.3. The molecular formula is C10H15N5O. The molecule has 2 aromatic rings. The first-order chi connectivity index (χ1) is 7.62. The van der Waals surface area contributed by atoms with Crippen molar-refractivity contribution in [1.82, 2.24) is 19.9 Å². The molecular weight excluding hydrogens is 206 g/mol. The van der Waals surface area contributed by atoms with Gasteiger partial charge in [0.15, 0.2) is 11.5 Å². The molecule has 0 unspecified atom stereocenters. The minimum atomic E-state index is -0.221. The first-order valence-electron chi connectivity index (χ1n) is 5.15. The van der Waals surface area contributed by atoms with E-state index >= 15 is 0 Å². The van der Waals surface area contributed by atoms with Crippen LogP contribution >= 0.6 is 0 Å². The maximum absolute atomic E-state index is 8.96. The van der Waals surface area contributed by atoms with Gasteiger partial charge in [-0.3, -0.25) is 0 Å². The average Bonchev–Trinajstić information content (AvgIpc) is 2.65. The van der Waals surface area contributed by atoms with E-state index in [1.54, 1.807) is 6.33 Å². The number of aliphatic hydroxyl groups is 1.